The summed E-state index contributed by atoms with van der Waals surface area (Å²) in [5, 5.41) is 17.3. The highest BCUT2D eigenvalue weighted by atomic mass is 16.3. The van der Waals surface area contributed by atoms with Gasteiger partial charge in [-0.05, 0) is 31.7 Å². The second-order valence-electron chi connectivity index (χ2n) is 4.09. The van der Waals surface area contributed by atoms with Crippen molar-refractivity contribution < 1.29 is 5.11 Å². The van der Waals surface area contributed by atoms with E-state index in [0.29, 0.717) is 12.0 Å². The summed E-state index contributed by atoms with van der Waals surface area (Å²) in [5.41, 5.74) is 5.40. The van der Waals surface area contributed by atoms with E-state index < -0.39 is 5.60 Å². The maximum atomic E-state index is 10.2. The summed E-state index contributed by atoms with van der Waals surface area (Å²) in [7, 11) is 2.05. The SMILES string of the molecule is CN1CCC(O)(C/C(C=N)=C/N)CC1. The zero-order chi connectivity index (χ0) is 10.6. The quantitative estimate of drug-likeness (QED) is 0.571. The minimum atomic E-state index is -0.657. The molecule has 1 aliphatic rings. The third-order valence-corrected chi connectivity index (χ3v) is 2.85. The number of likely N-dealkylation sites (tertiary alicyclic amines) is 1. The molecule has 4 heteroatoms. The van der Waals surface area contributed by atoms with Gasteiger partial charge in [0, 0.05) is 25.7 Å². The van der Waals surface area contributed by atoms with Crippen LogP contribution in [-0.4, -0.2) is 42.0 Å². The first-order valence-electron chi connectivity index (χ1n) is 4.92. The minimum absolute atomic E-state index is 0.501. The predicted molar refractivity (Wildman–Crippen MR) is 57.4 cm³/mol. The maximum absolute atomic E-state index is 10.2. The number of nitrogens with two attached hydrogens (primary N) is 1. The summed E-state index contributed by atoms with van der Waals surface area (Å²) in [4.78, 5) is 2.20. The second-order valence-corrected chi connectivity index (χ2v) is 4.09. The third-order valence-electron chi connectivity index (χ3n) is 2.85. The van der Waals surface area contributed by atoms with Gasteiger partial charge in [0.05, 0.1) is 5.60 Å². The van der Waals surface area contributed by atoms with Crippen LogP contribution in [0.15, 0.2) is 11.8 Å². The highest BCUT2D eigenvalue weighted by Crippen LogP contribution is 2.27. The van der Waals surface area contributed by atoms with E-state index in [-0.39, 0.29) is 0 Å². The first-order valence-corrected chi connectivity index (χ1v) is 4.92. The number of nitrogens with zero attached hydrogens (tertiary/aromatic N) is 1. The Morgan fingerprint density at radius 1 is 1.57 bits per heavy atom. The number of hydrogen-bond acceptors (Lipinski definition) is 4. The number of nitrogens with one attached hydrogen (secondary N) is 1. The largest absolute Gasteiger partial charge is 0.404 e. The fraction of sp³-hybridized carbons (Fsp3) is 0.700. The van der Waals surface area contributed by atoms with Gasteiger partial charge in [-0.25, -0.2) is 0 Å². The lowest BCUT2D eigenvalue weighted by atomic mass is 9.86. The molecule has 4 N–H and O–H groups in total. The number of piperidine rings is 1. The molecule has 1 rings (SSSR count). The van der Waals surface area contributed by atoms with Gasteiger partial charge in [0.15, 0.2) is 0 Å². The van der Waals surface area contributed by atoms with E-state index in [0.717, 1.165) is 25.9 Å². The molecule has 0 aromatic rings. The molecule has 0 atom stereocenters. The van der Waals surface area contributed by atoms with Crippen molar-refractivity contribution in [2.45, 2.75) is 24.9 Å². The van der Waals surface area contributed by atoms with Crippen molar-refractivity contribution in [3.05, 3.63) is 11.8 Å². The van der Waals surface area contributed by atoms with Gasteiger partial charge in [-0.1, -0.05) is 0 Å². The van der Waals surface area contributed by atoms with Gasteiger partial charge >= 0.3 is 0 Å². The van der Waals surface area contributed by atoms with Crippen molar-refractivity contribution in [1.29, 1.82) is 5.41 Å². The monoisotopic (exact) mass is 197 g/mol. The maximum Gasteiger partial charge on any atom is 0.0713 e. The fourth-order valence-corrected chi connectivity index (χ4v) is 1.75. The van der Waals surface area contributed by atoms with Crippen molar-refractivity contribution >= 4 is 6.21 Å². The lowest BCUT2D eigenvalue weighted by molar-refractivity contribution is -0.0139. The normalized spacial score (nSPS) is 23.4. The Morgan fingerprint density at radius 3 is 2.57 bits per heavy atom. The molecule has 14 heavy (non-hydrogen) atoms. The van der Waals surface area contributed by atoms with E-state index >= 15 is 0 Å². The molecule has 1 aliphatic heterocycles. The highest BCUT2D eigenvalue weighted by molar-refractivity contribution is 5.75. The van der Waals surface area contributed by atoms with Crippen LogP contribution in [0.5, 0.6) is 0 Å². The number of rotatable bonds is 3. The molecule has 1 heterocycles. The summed E-state index contributed by atoms with van der Waals surface area (Å²) >= 11 is 0. The Kier molecular flexibility index (Phi) is 3.66. The molecular formula is C10H19N3O. The van der Waals surface area contributed by atoms with Gasteiger partial charge in [0.2, 0.25) is 0 Å². The standard InChI is InChI=1S/C10H19N3O/c1-13-4-2-10(14,3-5-13)6-9(7-11)8-12/h7-8,11,14H,2-6,12H2,1H3/b9-8-,11-7?. The second kappa shape index (κ2) is 4.57. The van der Waals surface area contributed by atoms with Gasteiger partial charge in [-0.15, -0.1) is 0 Å². The first-order chi connectivity index (χ1) is 6.59. The molecule has 0 aromatic heterocycles. The topological polar surface area (TPSA) is 73.3 Å². The Labute approximate surface area is 84.9 Å². The molecule has 0 spiro atoms. The summed E-state index contributed by atoms with van der Waals surface area (Å²) < 4.78 is 0. The Hall–Kier alpha value is -0.870. The molecule has 0 saturated carbocycles. The molecule has 1 saturated heterocycles. The van der Waals surface area contributed by atoms with Crippen LogP contribution in [0.25, 0.3) is 0 Å². The molecular weight excluding hydrogens is 178 g/mol. The van der Waals surface area contributed by atoms with Gasteiger partial charge < -0.3 is 21.1 Å². The average molecular weight is 197 g/mol. The van der Waals surface area contributed by atoms with E-state index in [2.05, 4.69) is 11.9 Å². The van der Waals surface area contributed by atoms with Crippen LogP contribution in [-0.2, 0) is 0 Å². The third kappa shape index (κ3) is 2.82. The van der Waals surface area contributed by atoms with Gasteiger partial charge in [0.1, 0.15) is 0 Å². The van der Waals surface area contributed by atoms with E-state index in [4.69, 9.17) is 11.1 Å². The van der Waals surface area contributed by atoms with Gasteiger partial charge in [0.25, 0.3) is 0 Å². The lowest BCUT2D eigenvalue weighted by Crippen LogP contribution is -2.43. The molecule has 0 aromatic carbocycles. The Balaban J connectivity index is 2.54. The summed E-state index contributed by atoms with van der Waals surface area (Å²) in [6.07, 6.45) is 4.64. The zero-order valence-electron chi connectivity index (χ0n) is 8.66. The van der Waals surface area contributed by atoms with Crippen molar-refractivity contribution in [2.24, 2.45) is 5.73 Å². The summed E-state index contributed by atoms with van der Waals surface area (Å²) in [5.74, 6) is 0. The Bertz CT molecular complexity index is 230. The predicted octanol–water partition coefficient (Wildman–Crippen LogP) is 0.325. The molecule has 1 fully saturated rings. The summed E-state index contributed by atoms with van der Waals surface area (Å²) in [6, 6.07) is 0. The number of hydrogen-bond donors (Lipinski definition) is 3. The van der Waals surface area contributed by atoms with E-state index in [1.54, 1.807) is 0 Å². The van der Waals surface area contributed by atoms with Crippen LogP contribution < -0.4 is 5.73 Å². The molecule has 80 valence electrons. The zero-order valence-corrected chi connectivity index (χ0v) is 8.66. The smallest absolute Gasteiger partial charge is 0.0713 e. The van der Waals surface area contributed by atoms with Crippen LogP contribution in [0.2, 0.25) is 0 Å². The molecule has 0 radical (unpaired) electrons. The van der Waals surface area contributed by atoms with Gasteiger partial charge in [-0.3, -0.25) is 0 Å². The van der Waals surface area contributed by atoms with E-state index in [9.17, 15) is 5.11 Å². The van der Waals surface area contributed by atoms with Crippen LogP contribution in [0, 0.1) is 5.41 Å². The minimum Gasteiger partial charge on any atom is -0.404 e. The lowest BCUT2D eigenvalue weighted by Gasteiger charge is -2.36. The van der Waals surface area contributed by atoms with Gasteiger partial charge in [-0.2, -0.15) is 0 Å². The van der Waals surface area contributed by atoms with E-state index in [1.165, 1.54) is 12.4 Å². The fourth-order valence-electron chi connectivity index (χ4n) is 1.75. The van der Waals surface area contributed by atoms with Crippen LogP contribution in [0.3, 0.4) is 0 Å². The van der Waals surface area contributed by atoms with Crippen LogP contribution in [0.4, 0.5) is 0 Å². The van der Waals surface area contributed by atoms with Crippen LogP contribution >= 0.6 is 0 Å². The van der Waals surface area contributed by atoms with Crippen molar-refractivity contribution in [2.75, 3.05) is 20.1 Å². The molecule has 0 amide bonds. The molecule has 0 bridgehead atoms. The van der Waals surface area contributed by atoms with Crippen molar-refractivity contribution in [1.82, 2.24) is 4.90 Å². The molecule has 0 aliphatic carbocycles. The average Bonchev–Trinajstić information content (AvgIpc) is 2.20. The van der Waals surface area contributed by atoms with Crippen molar-refractivity contribution in [3.63, 3.8) is 0 Å². The number of aliphatic hydroxyl groups is 1. The molecule has 0 unspecified atom stereocenters. The Morgan fingerprint density at radius 2 is 2.14 bits per heavy atom. The first kappa shape index (κ1) is 11.2. The van der Waals surface area contributed by atoms with Crippen LogP contribution in [0.1, 0.15) is 19.3 Å². The molecule has 4 nitrogen and oxygen atoms in total. The summed E-state index contributed by atoms with van der Waals surface area (Å²) in [6.45, 7) is 1.82. The van der Waals surface area contributed by atoms with E-state index in [1.807, 2.05) is 0 Å². The highest BCUT2D eigenvalue weighted by Gasteiger charge is 2.31. The van der Waals surface area contributed by atoms with Crippen molar-refractivity contribution in [3.8, 4) is 0 Å².